The summed E-state index contributed by atoms with van der Waals surface area (Å²) in [7, 11) is 0. The number of piperidine rings is 1. The van der Waals surface area contributed by atoms with Crippen LogP contribution in [0, 0.1) is 27.4 Å². The van der Waals surface area contributed by atoms with Gasteiger partial charge in [-0.05, 0) is 37.9 Å². The van der Waals surface area contributed by atoms with Gasteiger partial charge in [0, 0.05) is 19.3 Å². The third-order valence-corrected chi connectivity index (χ3v) is 3.82. The Balaban J connectivity index is 1.94. The fraction of sp³-hybridized carbons (Fsp3) is 0.571. The van der Waals surface area contributed by atoms with Gasteiger partial charge in [0.2, 0.25) is 5.82 Å². The number of nitro groups is 1. The quantitative estimate of drug-likeness (QED) is 0.658. The van der Waals surface area contributed by atoms with Gasteiger partial charge in [-0.3, -0.25) is 10.1 Å². The first-order valence-electron chi connectivity index (χ1n) is 7.11. The zero-order valence-corrected chi connectivity index (χ0v) is 12.1. The van der Waals surface area contributed by atoms with Crippen molar-refractivity contribution < 1.29 is 4.92 Å². The average Bonchev–Trinajstić information content (AvgIpc) is 2.48. The normalized spacial score (nSPS) is 16.4. The first kappa shape index (κ1) is 15.2. The molecule has 0 saturated carbocycles. The number of aromatic nitrogens is 1. The number of pyridine rings is 1. The van der Waals surface area contributed by atoms with Gasteiger partial charge in [-0.15, -0.1) is 0 Å². The number of anilines is 1. The minimum Gasteiger partial charge on any atom is -0.363 e. The van der Waals surface area contributed by atoms with Crippen LogP contribution < -0.4 is 5.32 Å². The van der Waals surface area contributed by atoms with Gasteiger partial charge in [-0.2, -0.15) is 5.26 Å². The highest BCUT2D eigenvalue weighted by Gasteiger charge is 2.21. The highest BCUT2D eigenvalue weighted by molar-refractivity contribution is 5.63. The van der Waals surface area contributed by atoms with Gasteiger partial charge in [0.15, 0.2) is 0 Å². The van der Waals surface area contributed by atoms with Crippen LogP contribution in [0.1, 0.15) is 25.3 Å². The predicted octanol–water partition coefficient (Wildman–Crippen LogP) is 2.01. The van der Waals surface area contributed by atoms with Crippen molar-refractivity contribution in [2.75, 3.05) is 31.5 Å². The second kappa shape index (κ2) is 6.99. The molecule has 7 heteroatoms. The van der Waals surface area contributed by atoms with E-state index in [0.29, 0.717) is 6.54 Å². The van der Waals surface area contributed by atoms with Crippen LogP contribution in [0.4, 0.5) is 11.5 Å². The van der Waals surface area contributed by atoms with Crippen molar-refractivity contribution in [1.82, 2.24) is 9.88 Å². The van der Waals surface area contributed by atoms with Gasteiger partial charge in [-0.25, -0.2) is 4.98 Å². The molecule has 1 aliphatic rings. The van der Waals surface area contributed by atoms with Crippen LogP contribution in [0.5, 0.6) is 0 Å². The first-order chi connectivity index (χ1) is 10.1. The van der Waals surface area contributed by atoms with E-state index in [9.17, 15) is 10.1 Å². The Morgan fingerprint density at radius 2 is 2.29 bits per heavy atom. The Hall–Kier alpha value is -2.20. The van der Waals surface area contributed by atoms with Crippen molar-refractivity contribution in [2.45, 2.75) is 19.8 Å². The van der Waals surface area contributed by atoms with E-state index in [2.05, 4.69) is 22.1 Å². The molecule has 1 fully saturated rings. The average molecular weight is 289 g/mol. The van der Waals surface area contributed by atoms with Crippen LogP contribution in [-0.4, -0.2) is 41.0 Å². The molecular formula is C14H19N5O2. The second-order valence-electron chi connectivity index (χ2n) is 5.38. The maximum atomic E-state index is 11.1. The predicted molar refractivity (Wildman–Crippen MR) is 78.9 cm³/mol. The van der Waals surface area contributed by atoms with Crippen molar-refractivity contribution in [1.29, 1.82) is 5.26 Å². The molecule has 0 atom stereocenters. The fourth-order valence-electron chi connectivity index (χ4n) is 2.48. The Kier molecular flexibility index (Phi) is 5.06. The minimum absolute atomic E-state index is 0.0318. The van der Waals surface area contributed by atoms with Crippen molar-refractivity contribution in [3.63, 3.8) is 0 Å². The summed E-state index contributed by atoms with van der Waals surface area (Å²) in [6.07, 6.45) is 3.81. The Labute approximate surface area is 123 Å². The second-order valence-corrected chi connectivity index (χ2v) is 5.38. The molecule has 2 rings (SSSR count). The van der Waals surface area contributed by atoms with E-state index in [-0.39, 0.29) is 17.1 Å². The van der Waals surface area contributed by atoms with Crippen molar-refractivity contribution in [3.05, 3.63) is 27.9 Å². The summed E-state index contributed by atoms with van der Waals surface area (Å²) < 4.78 is 0. The Morgan fingerprint density at radius 3 is 2.90 bits per heavy atom. The number of nitriles is 1. The molecule has 0 aliphatic carbocycles. The maximum Gasteiger partial charge on any atom is 0.328 e. The molecule has 1 saturated heterocycles. The van der Waals surface area contributed by atoms with Crippen LogP contribution in [0.25, 0.3) is 0 Å². The number of rotatable bonds is 5. The van der Waals surface area contributed by atoms with Gasteiger partial charge < -0.3 is 10.2 Å². The molecule has 2 heterocycles. The summed E-state index contributed by atoms with van der Waals surface area (Å²) >= 11 is 0. The molecule has 21 heavy (non-hydrogen) atoms. The third kappa shape index (κ3) is 3.89. The summed E-state index contributed by atoms with van der Waals surface area (Å²) in [5, 5.41) is 23.0. The summed E-state index contributed by atoms with van der Waals surface area (Å²) in [5.41, 5.74) is -0.212. The molecule has 7 nitrogen and oxygen atoms in total. The topological polar surface area (TPSA) is 95.1 Å². The lowest BCUT2D eigenvalue weighted by molar-refractivity contribution is -0.384. The first-order valence-corrected chi connectivity index (χ1v) is 7.11. The lowest BCUT2D eigenvalue weighted by Crippen LogP contribution is -2.36. The lowest BCUT2D eigenvalue weighted by Gasteiger charge is -2.30. The largest absolute Gasteiger partial charge is 0.363 e. The molecular weight excluding hydrogens is 270 g/mol. The molecule has 0 spiro atoms. The van der Waals surface area contributed by atoms with Crippen molar-refractivity contribution in [3.8, 4) is 6.07 Å². The van der Waals surface area contributed by atoms with Gasteiger partial charge in [0.05, 0.1) is 4.92 Å². The highest BCUT2D eigenvalue weighted by atomic mass is 16.6. The number of likely N-dealkylation sites (tertiary alicyclic amines) is 1. The molecule has 0 aromatic carbocycles. The number of nitrogens with one attached hydrogen (secondary N) is 1. The fourth-order valence-corrected chi connectivity index (χ4v) is 2.48. The van der Waals surface area contributed by atoms with Crippen molar-refractivity contribution in [2.24, 2.45) is 5.92 Å². The zero-order valence-electron chi connectivity index (χ0n) is 12.1. The molecule has 0 unspecified atom stereocenters. The molecule has 1 aromatic rings. The minimum atomic E-state index is -0.559. The highest BCUT2D eigenvalue weighted by Crippen LogP contribution is 2.25. The van der Waals surface area contributed by atoms with Crippen LogP contribution in [0.15, 0.2) is 12.3 Å². The van der Waals surface area contributed by atoms with Crippen LogP contribution in [-0.2, 0) is 0 Å². The van der Waals surface area contributed by atoms with Crippen LogP contribution in [0.3, 0.4) is 0 Å². The summed E-state index contributed by atoms with van der Waals surface area (Å²) in [6.45, 7) is 5.79. The van der Waals surface area contributed by atoms with E-state index >= 15 is 0 Å². The smallest absolute Gasteiger partial charge is 0.328 e. The number of hydrogen-bond acceptors (Lipinski definition) is 6. The van der Waals surface area contributed by atoms with Crippen molar-refractivity contribution >= 4 is 11.5 Å². The van der Waals surface area contributed by atoms with Gasteiger partial charge in [0.1, 0.15) is 11.6 Å². The van der Waals surface area contributed by atoms with Crippen LogP contribution >= 0.6 is 0 Å². The molecule has 0 radical (unpaired) electrons. The molecule has 112 valence electrons. The maximum absolute atomic E-state index is 11.1. The summed E-state index contributed by atoms with van der Waals surface area (Å²) in [5.74, 6) is 0.953. The lowest BCUT2D eigenvalue weighted by atomic mass is 9.99. The van der Waals surface area contributed by atoms with Gasteiger partial charge in [-0.1, -0.05) is 6.92 Å². The van der Waals surface area contributed by atoms with E-state index < -0.39 is 4.92 Å². The molecule has 0 amide bonds. The van der Waals surface area contributed by atoms with E-state index in [0.717, 1.165) is 25.6 Å². The summed E-state index contributed by atoms with van der Waals surface area (Å²) in [6, 6.07) is 3.19. The number of nitrogens with zero attached hydrogens (tertiary/aromatic N) is 4. The van der Waals surface area contributed by atoms with E-state index in [1.165, 1.54) is 25.1 Å². The van der Waals surface area contributed by atoms with E-state index in [4.69, 9.17) is 5.26 Å². The number of hydrogen-bond donors (Lipinski definition) is 1. The van der Waals surface area contributed by atoms with Gasteiger partial charge in [0.25, 0.3) is 0 Å². The summed E-state index contributed by atoms with van der Waals surface area (Å²) in [4.78, 5) is 16.8. The molecule has 1 aliphatic heterocycles. The van der Waals surface area contributed by atoms with E-state index in [1.807, 2.05) is 6.07 Å². The molecule has 1 aromatic heterocycles. The molecule has 0 bridgehead atoms. The zero-order chi connectivity index (χ0) is 15.2. The Bertz CT molecular complexity index is 547. The Morgan fingerprint density at radius 1 is 1.57 bits per heavy atom. The standard InChI is InChI=1S/C14H19N5O2/c1-11-3-7-18(8-4-11)9-6-17-14-13(19(20)21)12(10-15)2-5-16-14/h2,5,11H,3-4,6-9H2,1H3,(H,16,17). The SMILES string of the molecule is CC1CCN(CCNc2nccc(C#N)c2[N+](=O)[O-])CC1. The van der Waals surface area contributed by atoms with E-state index in [1.54, 1.807) is 0 Å². The monoisotopic (exact) mass is 289 g/mol. The van der Waals surface area contributed by atoms with Crippen LogP contribution in [0.2, 0.25) is 0 Å². The molecule has 1 N–H and O–H groups in total. The third-order valence-electron chi connectivity index (χ3n) is 3.82. The van der Waals surface area contributed by atoms with Gasteiger partial charge >= 0.3 is 5.69 Å².